The zero-order chi connectivity index (χ0) is 12.5. The Balaban J connectivity index is 2.41. The van der Waals surface area contributed by atoms with Crippen molar-refractivity contribution >= 4 is 27.5 Å². The molecule has 0 aromatic heterocycles. The second-order valence-corrected chi connectivity index (χ2v) is 4.93. The van der Waals surface area contributed by atoms with E-state index in [-0.39, 0.29) is 5.91 Å². The van der Waals surface area contributed by atoms with Gasteiger partial charge in [0.2, 0.25) is 5.91 Å². The number of carbonyl (C=O) groups is 1. The van der Waals surface area contributed by atoms with Crippen molar-refractivity contribution in [2.45, 2.75) is 39.0 Å². The molecular weight excluding hydrogens is 278 g/mol. The van der Waals surface area contributed by atoms with Crippen molar-refractivity contribution in [2.24, 2.45) is 0 Å². The molecule has 1 rings (SSSR count). The third-order valence-electron chi connectivity index (χ3n) is 2.63. The maximum Gasteiger partial charge on any atom is 0.225 e. The van der Waals surface area contributed by atoms with E-state index in [0.717, 1.165) is 12.1 Å². The van der Waals surface area contributed by atoms with Gasteiger partial charge in [0.25, 0.3) is 0 Å². The molecule has 0 spiro atoms. The molecule has 0 aliphatic heterocycles. The van der Waals surface area contributed by atoms with Crippen LogP contribution >= 0.6 is 15.9 Å². The minimum Gasteiger partial charge on any atom is -0.326 e. The van der Waals surface area contributed by atoms with E-state index in [2.05, 4.69) is 40.3 Å². The van der Waals surface area contributed by atoms with Gasteiger partial charge in [-0.2, -0.15) is 0 Å². The van der Waals surface area contributed by atoms with Crippen LogP contribution in [0.2, 0.25) is 0 Å². The molecule has 3 heteroatoms. The molecular formula is C14H20BrNO. The van der Waals surface area contributed by atoms with Gasteiger partial charge in [-0.25, -0.2) is 0 Å². The van der Waals surface area contributed by atoms with Crippen LogP contribution in [-0.2, 0) is 11.2 Å². The van der Waals surface area contributed by atoms with Gasteiger partial charge < -0.3 is 5.32 Å². The number of hydrogen-bond donors (Lipinski definition) is 1. The second-order valence-electron chi connectivity index (χ2n) is 4.14. The van der Waals surface area contributed by atoms with E-state index >= 15 is 0 Å². The highest BCUT2D eigenvalue weighted by atomic mass is 79.9. The van der Waals surface area contributed by atoms with E-state index in [9.17, 15) is 4.79 Å². The maximum atomic E-state index is 11.4. The van der Waals surface area contributed by atoms with E-state index < -0.39 is 0 Å². The average molecular weight is 298 g/mol. The minimum atomic E-state index is 0.0561. The summed E-state index contributed by atoms with van der Waals surface area (Å²) in [5.41, 5.74) is 2.23. The molecule has 0 atom stereocenters. The van der Waals surface area contributed by atoms with Crippen molar-refractivity contribution in [2.75, 3.05) is 10.6 Å². The standard InChI is InChI=1S/C14H20BrNO/c1-2-3-4-5-12-6-8-13(9-7-12)16-14(17)10-11-15/h6-9H,2-5,10-11H2,1H3,(H,16,17). The lowest BCUT2D eigenvalue weighted by molar-refractivity contribution is -0.115. The van der Waals surface area contributed by atoms with Crippen molar-refractivity contribution in [3.05, 3.63) is 29.8 Å². The van der Waals surface area contributed by atoms with Crippen LogP contribution in [0.3, 0.4) is 0 Å². The summed E-state index contributed by atoms with van der Waals surface area (Å²) in [5.74, 6) is 0.0561. The smallest absolute Gasteiger partial charge is 0.225 e. The number of hydrogen-bond acceptors (Lipinski definition) is 1. The molecule has 0 fully saturated rings. The Morgan fingerprint density at radius 2 is 1.94 bits per heavy atom. The van der Waals surface area contributed by atoms with Gasteiger partial charge in [0.05, 0.1) is 0 Å². The number of nitrogens with one attached hydrogen (secondary N) is 1. The normalized spacial score (nSPS) is 10.2. The molecule has 0 aliphatic rings. The number of rotatable bonds is 7. The Morgan fingerprint density at radius 3 is 2.53 bits per heavy atom. The number of carbonyl (C=O) groups excluding carboxylic acids is 1. The molecule has 1 aromatic carbocycles. The molecule has 0 radical (unpaired) electrons. The minimum absolute atomic E-state index is 0.0561. The number of anilines is 1. The van der Waals surface area contributed by atoms with Gasteiger partial charge in [0.1, 0.15) is 0 Å². The molecule has 1 N–H and O–H groups in total. The summed E-state index contributed by atoms with van der Waals surface area (Å²) in [5, 5.41) is 3.57. The summed E-state index contributed by atoms with van der Waals surface area (Å²) in [6, 6.07) is 8.15. The molecule has 2 nitrogen and oxygen atoms in total. The van der Waals surface area contributed by atoms with Crippen molar-refractivity contribution < 1.29 is 4.79 Å². The Labute approximate surface area is 112 Å². The molecule has 0 saturated heterocycles. The molecule has 0 saturated carbocycles. The van der Waals surface area contributed by atoms with E-state index in [0.29, 0.717) is 11.8 Å². The number of halogens is 1. The average Bonchev–Trinajstić information content (AvgIpc) is 2.32. The van der Waals surface area contributed by atoms with E-state index in [4.69, 9.17) is 0 Å². The van der Waals surface area contributed by atoms with Gasteiger partial charge in [0, 0.05) is 17.4 Å². The van der Waals surface area contributed by atoms with Crippen LogP contribution in [0.1, 0.15) is 38.2 Å². The van der Waals surface area contributed by atoms with Gasteiger partial charge in [0.15, 0.2) is 0 Å². The SMILES string of the molecule is CCCCCc1ccc(NC(=O)CCBr)cc1. The highest BCUT2D eigenvalue weighted by molar-refractivity contribution is 9.09. The van der Waals surface area contributed by atoms with Crippen LogP contribution in [0.5, 0.6) is 0 Å². The lowest BCUT2D eigenvalue weighted by Crippen LogP contribution is -2.11. The fraction of sp³-hybridized carbons (Fsp3) is 0.500. The first-order valence-electron chi connectivity index (χ1n) is 6.21. The van der Waals surface area contributed by atoms with Crippen LogP contribution in [0.25, 0.3) is 0 Å². The summed E-state index contributed by atoms with van der Waals surface area (Å²) < 4.78 is 0. The monoisotopic (exact) mass is 297 g/mol. The summed E-state index contributed by atoms with van der Waals surface area (Å²) in [4.78, 5) is 11.4. The number of alkyl halides is 1. The number of unbranched alkanes of at least 4 members (excludes halogenated alkanes) is 2. The number of aryl methyl sites for hydroxylation is 1. The lowest BCUT2D eigenvalue weighted by Gasteiger charge is -2.05. The van der Waals surface area contributed by atoms with Crippen molar-refractivity contribution in [3.8, 4) is 0 Å². The Kier molecular flexibility index (Phi) is 6.94. The summed E-state index contributed by atoms with van der Waals surface area (Å²) in [6.07, 6.45) is 5.41. The second kappa shape index (κ2) is 8.29. The molecule has 0 unspecified atom stereocenters. The van der Waals surface area contributed by atoms with E-state index in [1.807, 2.05) is 12.1 Å². The van der Waals surface area contributed by atoms with Gasteiger partial charge >= 0.3 is 0 Å². The predicted octanol–water partition coefficient (Wildman–Crippen LogP) is 4.14. The molecule has 1 amide bonds. The number of benzene rings is 1. The highest BCUT2D eigenvalue weighted by Crippen LogP contribution is 2.12. The van der Waals surface area contributed by atoms with Gasteiger partial charge in [-0.05, 0) is 30.5 Å². The van der Waals surface area contributed by atoms with Crippen LogP contribution < -0.4 is 5.32 Å². The van der Waals surface area contributed by atoms with Gasteiger partial charge in [-0.1, -0.05) is 47.8 Å². The third-order valence-corrected chi connectivity index (χ3v) is 3.02. The first kappa shape index (κ1) is 14.2. The van der Waals surface area contributed by atoms with E-state index in [1.54, 1.807) is 0 Å². The third kappa shape index (κ3) is 5.87. The fourth-order valence-electron chi connectivity index (χ4n) is 1.64. The van der Waals surface area contributed by atoms with Crippen LogP contribution in [0.15, 0.2) is 24.3 Å². The molecule has 1 aromatic rings. The zero-order valence-electron chi connectivity index (χ0n) is 10.3. The highest BCUT2D eigenvalue weighted by Gasteiger charge is 2.00. The van der Waals surface area contributed by atoms with E-state index in [1.165, 1.54) is 24.8 Å². The Bertz CT molecular complexity index is 335. The van der Waals surface area contributed by atoms with Crippen LogP contribution in [-0.4, -0.2) is 11.2 Å². The molecule has 17 heavy (non-hydrogen) atoms. The summed E-state index contributed by atoms with van der Waals surface area (Å²) >= 11 is 3.25. The molecule has 0 bridgehead atoms. The number of amides is 1. The zero-order valence-corrected chi connectivity index (χ0v) is 11.9. The van der Waals surface area contributed by atoms with Crippen molar-refractivity contribution in [1.29, 1.82) is 0 Å². The van der Waals surface area contributed by atoms with Gasteiger partial charge in [-0.15, -0.1) is 0 Å². The van der Waals surface area contributed by atoms with Crippen LogP contribution in [0.4, 0.5) is 5.69 Å². The topological polar surface area (TPSA) is 29.1 Å². The maximum absolute atomic E-state index is 11.4. The first-order valence-corrected chi connectivity index (χ1v) is 7.33. The summed E-state index contributed by atoms with van der Waals surface area (Å²) in [7, 11) is 0. The van der Waals surface area contributed by atoms with Crippen molar-refractivity contribution in [1.82, 2.24) is 0 Å². The van der Waals surface area contributed by atoms with Gasteiger partial charge in [-0.3, -0.25) is 4.79 Å². The predicted molar refractivity (Wildman–Crippen MR) is 76.7 cm³/mol. The first-order chi connectivity index (χ1) is 8.26. The fourth-order valence-corrected chi connectivity index (χ4v) is 2.00. The molecule has 0 aliphatic carbocycles. The largest absolute Gasteiger partial charge is 0.326 e. The van der Waals surface area contributed by atoms with Crippen LogP contribution in [0, 0.1) is 0 Å². The summed E-state index contributed by atoms with van der Waals surface area (Å²) in [6.45, 7) is 2.21. The Morgan fingerprint density at radius 1 is 1.24 bits per heavy atom. The lowest BCUT2D eigenvalue weighted by atomic mass is 10.1. The quantitative estimate of drug-likeness (QED) is 0.595. The molecule has 0 heterocycles. The molecule has 94 valence electrons. The van der Waals surface area contributed by atoms with Crippen molar-refractivity contribution in [3.63, 3.8) is 0 Å². The Hall–Kier alpha value is -0.830.